The highest BCUT2D eigenvalue weighted by molar-refractivity contribution is 6.08. The first-order chi connectivity index (χ1) is 10.4. The average Bonchev–Trinajstić information content (AvgIpc) is 2.42. The number of hydrogen-bond donors (Lipinski definition) is 2. The predicted octanol–water partition coefficient (Wildman–Crippen LogP) is 3.41. The van der Waals surface area contributed by atoms with Crippen LogP contribution in [0.25, 0.3) is 0 Å². The van der Waals surface area contributed by atoms with Gasteiger partial charge < -0.3 is 10.6 Å². The SMILES string of the molecule is Cc1ccc(C)c(NC(=O)CC(=O)Nc2cccc(F)c2)c1. The fourth-order valence-corrected chi connectivity index (χ4v) is 1.98. The summed E-state index contributed by atoms with van der Waals surface area (Å²) in [6.07, 6.45) is -0.329. The first-order valence-corrected chi connectivity index (χ1v) is 6.86. The van der Waals surface area contributed by atoms with E-state index >= 15 is 0 Å². The van der Waals surface area contributed by atoms with Crippen molar-refractivity contribution in [2.24, 2.45) is 0 Å². The van der Waals surface area contributed by atoms with Gasteiger partial charge in [0.25, 0.3) is 0 Å². The van der Waals surface area contributed by atoms with Gasteiger partial charge in [0.1, 0.15) is 12.2 Å². The van der Waals surface area contributed by atoms with Crippen molar-refractivity contribution in [3.8, 4) is 0 Å². The van der Waals surface area contributed by atoms with E-state index in [0.717, 1.165) is 11.1 Å². The summed E-state index contributed by atoms with van der Waals surface area (Å²) in [6, 6.07) is 11.2. The largest absolute Gasteiger partial charge is 0.326 e. The Bertz CT molecular complexity index is 714. The van der Waals surface area contributed by atoms with Crippen LogP contribution in [0.3, 0.4) is 0 Å². The molecular weight excluding hydrogens is 283 g/mol. The zero-order valence-electron chi connectivity index (χ0n) is 12.4. The molecule has 0 radical (unpaired) electrons. The minimum Gasteiger partial charge on any atom is -0.326 e. The molecule has 114 valence electrons. The van der Waals surface area contributed by atoms with Gasteiger partial charge >= 0.3 is 0 Å². The molecule has 0 saturated carbocycles. The molecule has 0 fully saturated rings. The van der Waals surface area contributed by atoms with Crippen LogP contribution < -0.4 is 10.6 Å². The van der Waals surface area contributed by atoms with Crippen molar-refractivity contribution in [1.82, 2.24) is 0 Å². The first-order valence-electron chi connectivity index (χ1n) is 6.86. The number of aryl methyl sites for hydroxylation is 2. The van der Waals surface area contributed by atoms with Crippen LogP contribution in [0.5, 0.6) is 0 Å². The quantitative estimate of drug-likeness (QED) is 0.850. The molecule has 0 aliphatic heterocycles. The molecular formula is C17H17FN2O2. The Labute approximate surface area is 128 Å². The lowest BCUT2D eigenvalue weighted by Crippen LogP contribution is -2.21. The molecule has 0 atom stereocenters. The number of anilines is 2. The molecule has 0 aliphatic rings. The van der Waals surface area contributed by atoms with Gasteiger partial charge in [0.2, 0.25) is 11.8 Å². The number of hydrogen-bond acceptors (Lipinski definition) is 2. The fraction of sp³-hybridized carbons (Fsp3) is 0.176. The van der Waals surface area contributed by atoms with Gasteiger partial charge in [-0.3, -0.25) is 9.59 Å². The van der Waals surface area contributed by atoms with Crippen molar-refractivity contribution in [2.45, 2.75) is 20.3 Å². The summed E-state index contributed by atoms with van der Waals surface area (Å²) in [4.78, 5) is 23.7. The molecule has 2 amide bonds. The van der Waals surface area contributed by atoms with E-state index in [1.165, 1.54) is 18.2 Å². The van der Waals surface area contributed by atoms with E-state index in [9.17, 15) is 14.0 Å². The van der Waals surface area contributed by atoms with Gasteiger partial charge in [-0.05, 0) is 49.2 Å². The van der Waals surface area contributed by atoms with E-state index in [-0.39, 0.29) is 6.42 Å². The Kier molecular flexibility index (Phi) is 4.88. The Morgan fingerprint density at radius 3 is 2.45 bits per heavy atom. The Hall–Kier alpha value is -2.69. The van der Waals surface area contributed by atoms with E-state index in [1.807, 2.05) is 32.0 Å². The van der Waals surface area contributed by atoms with Gasteiger partial charge in [-0.1, -0.05) is 18.2 Å². The summed E-state index contributed by atoms with van der Waals surface area (Å²) < 4.78 is 13.0. The van der Waals surface area contributed by atoms with Crippen LogP contribution in [-0.4, -0.2) is 11.8 Å². The molecule has 0 aromatic heterocycles. The fourth-order valence-electron chi connectivity index (χ4n) is 1.98. The van der Waals surface area contributed by atoms with Crippen LogP contribution in [0.2, 0.25) is 0 Å². The third kappa shape index (κ3) is 4.41. The molecule has 5 heteroatoms. The molecule has 2 aromatic carbocycles. The molecule has 22 heavy (non-hydrogen) atoms. The van der Waals surface area contributed by atoms with Gasteiger partial charge in [0.05, 0.1) is 0 Å². The molecule has 0 unspecified atom stereocenters. The van der Waals surface area contributed by atoms with Crippen molar-refractivity contribution in [2.75, 3.05) is 10.6 Å². The van der Waals surface area contributed by atoms with Gasteiger partial charge in [0, 0.05) is 11.4 Å². The highest BCUT2D eigenvalue weighted by Gasteiger charge is 2.11. The molecule has 0 aliphatic carbocycles. The van der Waals surface area contributed by atoms with Crippen molar-refractivity contribution in [3.05, 3.63) is 59.4 Å². The van der Waals surface area contributed by atoms with Crippen LogP contribution in [-0.2, 0) is 9.59 Å². The highest BCUT2D eigenvalue weighted by atomic mass is 19.1. The predicted molar refractivity (Wildman–Crippen MR) is 84.2 cm³/mol. The van der Waals surface area contributed by atoms with Crippen LogP contribution in [0, 0.1) is 19.7 Å². The summed E-state index contributed by atoms with van der Waals surface area (Å²) in [5.41, 5.74) is 2.95. The Balaban J connectivity index is 1.94. The lowest BCUT2D eigenvalue weighted by atomic mass is 10.1. The van der Waals surface area contributed by atoms with Crippen molar-refractivity contribution in [1.29, 1.82) is 0 Å². The minimum atomic E-state index is -0.492. The number of halogens is 1. The van der Waals surface area contributed by atoms with Crippen LogP contribution >= 0.6 is 0 Å². The van der Waals surface area contributed by atoms with Crippen LogP contribution in [0.1, 0.15) is 17.5 Å². The Morgan fingerprint density at radius 1 is 1.00 bits per heavy atom. The molecule has 2 aromatic rings. The number of amides is 2. The van der Waals surface area contributed by atoms with E-state index in [0.29, 0.717) is 11.4 Å². The van der Waals surface area contributed by atoms with E-state index in [1.54, 1.807) is 6.07 Å². The van der Waals surface area contributed by atoms with E-state index < -0.39 is 17.6 Å². The summed E-state index contributed by atoms with van der Waals surface area (Å²) >= 11 is 0. The molecule has 2 rings (SSSR count). The maximum atomic E-state index is 13.0. The van der Waals surface area contributed by atoms with E-state index in [2.05, 4.69) is 10.6 Å². The van der Waals surface area contributed by atoms with Gasteiger partial charge in [-0.15, -0.1) is 0 Å². The smallest absolute Gasteiger partial charge is 0.233 e. The molecule has 4 nitrogen and oxygen atoms in total. The second-order valence-corrected chi connectivity index (χ2v) is 5.10. The lowest BCUT2D eigenvalue weighted by molar-refractivity contribution is -0.123. The molecule has 0 saturated heterocycles. The maximum absolute atomic E-state index is 13.0. The second kappa shape index (κ2) is 6.85. The summed E-state index contributed by atoms with van der Waals surface area (Å²) in [6.45, 7) is 3.80. The van der Waals surface area contributed by atoms with Crippen molar-refractivity contribution >= 4 is 23.2 Å². The second-order valence-electron chi connectivity index (χ2n) is 5.10. The zero-order valence-corrected chi connectivity index (χ0v) is 12.4. The normalized spacial score (nSPS) is 10.1. The van der Waals surface area contributed by atoms with Crippen LogP contribution in [0.15, 0.2) is 42.5 Å². The summed E-state index contributed by atoms with van der Waals surface area (Å²) in [5, 5.41) is 5.19. The molecule has 0 spiro atoms. The number of benzene rings is 2. The topological polar surface area (TPSA) is 58.2 Å². The van der Waals surface area contributed by atoms with Crippen LogP contribution in [0.4, 0.5) is 15.8 Å². The first kappa shape index (κ1) is 15.7. The third-order valence-corrected chi connectivity index (χ3v) is 3.10. The molecule has 0 heterocycles. The number of carbonyl (C=O) groups excluding carboxylic acids is 2. The van der Waals surface area contributed by atoms with Crippen molar-refractivity contribution in [3.63, 3.8) is 0 Å². The summed E-state index contributed by atoms with van der Waals surface area (Å²) in [7, 11) is 0. The van der Waals surface area contributed by atoms with Gasteiger partial charge in [0.15, 0.2) is 0 Å². The number of carbonyl (C=O) groups is 2. The van der Waals surface area contributed by atoms with Gasteiger partial charge in [-0.2, -0.15) is 0 Å². The maximum Gasteiger partial charge on any atom is 0.233 e. The average molecular weight is 300 g/mol. The van der Waals surface area contributed by atoms with Gasteiger partial charge in [-0.25, -0.2) is 4.39 Å². The monoisotopic (exact) mass is 300 g/mol. The molecule has 2 N–H and O–H groups in total. The third-order valence-electron chi connectivity index (χ3n) is 3.10. The van der Waals surface area contributed by atoms with E-state index in [4.69, 9.17) is 0 Å². The lowest BCUT2D eigenvalue weighted by Gasteiger charge is -2.09. The highest BCUT2D eigenvalue weighted by Crippen LogP contribution is 2.16. The minimum absolute atomic E-state index is 0.324. The Morgan fingerprint density at radius 2 is 1.73 bits per heavy atom. The standard InChI is InChI=1S/C17H17FN2O2/c1-11-6-7-12(2)15(8-11)20-17(22)10-16(21)19-14-5-3-4-13(18)9-14/h3-9H,10H2,1-2H3,(H,19,21)(H,20,22). The van der Waals surface area contributed by atoms with Crippen molar-refractivity contribution < 1.29 is 14.0 Å². The zero-order chi connectivity index (χ0) is 16.1. The molecule has 0 bridgehead atoms. The number of rotatable bonds is 4. The number of nitrogens with one attached hydrogen (secondary N) is 2. The summed E-state index contributed by atoms with van der Waals surface area (Å²) in [5.74, 6) is -1.35.